The number of carbonyl (C=O) groups excluding carboxylic acids is 1. The molecule has 1 N–H and O–H groups in total. The van der Waals surface area contributed by atoms with Gasteiger partial charge in [0.25, 0.3) is 0 Å². The molecule has 0 heterocycles. The van der Waals surface area contributed by atoms with E-state index in [-0.39, 0.29) is 17.9 Å². The molecule has 1 aromatic rings. The normalized spacial score (nSPS) is 24.9. The first-order valence-electron chi connectivity index (χ1n) is 7.27. The van der Waals surface area contributed by atoms with E-state index in [1.165, 1.54) is 19.2 Å². The van der Waals surface area contributed by atoms with Gasteiger partial charge in [-0.2, -0.15) is 0 Å². The maximum atomic E-state index is 13.3. The Labute approximate surface area is 124 Å². The lowest BCUT2D eigenvalue weighted by Gasteiger charge is -2.27. The second-order valence-electron chi connectivity index (χ2n) is 5.50. The molecular formula is C16H22FNO3. The summed E-state index contributed by atoms with van der Waals surface area (Å²) in [5, 5.41) is 3.22. The molecule has 1 saturated carbocycles. The molecule has 5 heteroatoms. The number of hydrogen-bond donors (Lipinski definition) is 1. The second-order valence-corrected chi connectivity index (χ2v) is 5.50. The molecule has 0 radical (unpaired) electrons. The third-order valence-electron chi connectivity index (χ3n) is 4.00. The first-order chi connectivity index (χ1) is 10.0. The van der Waals surface area contributed by atoms with Crippen molar-refractivity contribution in [3.05, 3.63) is 29.6 Å². The molecule has 0 aliphatic heterocycles. The van der Waals surface area contributed by atoms with Gasteiger partial charge in [-0.05, 0) is 37.9 Å². The number of ether oxygens (including phenoxy) is 2. The van der Waals surface area contributed by atoms with Crippen LogP contribution in [-0.2, 0) is 9.53 Å². The van der Waals surface area contributed by atoms with E-state index in [1.807, 2.05) is 13.8 Å². The van der Waals surface area contributed by atoms with E-state index in [4.69, 9.17) is 9.47 Å². The van der Waals surface area contributed by atoms with E-state index < -0.39 is 5.54 Å². The van der Waals surface area contributed by atoms with Crippen LogP contribution in [0.15, 0.2) is 18.2 Å². The summed E-state index contributed by atoms with van der Waals surface area (Å²) < 4.78 is 24.1. The number of halogens is 1. The molecule has 1 aromatic carbocycles. The van der Waals surface area contributed by atoms with Gasteiger partial charge in [0.15, 0.2) is 0 Å². The average Bonchev–Trinajstić information content (AvgIpc) is 2.87. The maximum Gasteiger partial charge on any atom is 0.326 e. The van der Waals surface area contributed by atoms with Crippen LogP contribution in [0.4, 0.5) is 4.39 Å². The second kappa shape index (κ2) is 6.43. The summed E-state index contributed by atoms with van der Waals surface area (Å²) in [6.07, 6.45) is 1.80. The molecule has 2 unspecified atom stereocenters. The van der Waals surface area contributed by atoms with Gasteiger partial charge in [-0.15, -0.1) is 0 Å². The lowest BCUT2D eigenvalue weighted by molar-refractivity contribution is -0.148. The smallest absolute Gasteiger partial charge is 0.326 e. The van der Waals surface area contributed by atoms with Crippen molar-refractivity contribution in [3.63, 3.8) is 0 Å². The van der Waals surface area contributed by atoms with Crippen LogP contribution in [0.25, 0.3) is 0 Å². The van der Waals surface area contributed by atoms with Gasteiger partial charge in [0.05, 0.1) is 7.11 Å². The van der Waals surface area contributed by atoms with E-state index >= 15 is 0 Å². The number of benzene rings is 1. The van der Waals surface area contributed by atoms with E-state index in [0.29, 0.717) is 25.1 Å². The van der Waals surface area contributed by atoms with Crippen LogP contribution in [-0.4, -0.2) is 31.3 Å². The molecule has 4 nitrogen and oxygen atoms in total. The minimum absolute atomic E-state index is 0.122. The quantitative estimate of drug-likeness (QED) is 0.848. The number of likely N-dealkylation sites (N-methyl/N-ethyl adjacent to an activating group) is 1. The summed E-state index contributed by atoms with van der Waals surface area (Å²) in [4.78, 5) is 12.0. The van der Waals surface area contributed by atoms with Crippen molar-refractivity contribution in [2.75, 3.05) is 13.7 Å². The third-order valence-corrected chi connectivity index (χ3v) is 4.00. The van der Waals surface area contributed by atoms with Crippen molar-refractivity contribution in [2.24, 2.45) is 0 Å². The van der Waals surface area contributed by atoms with Crippen molar-refractivity contribution >= 4 is 5.97 Å². The number of esters is 1. The molecule has 0 aromatic heterocycles. The summed E-state index contributed by atoms with van der Waals surface area (Å²) >= 11 is 0. The summed E-state index contributed by atoms with van der Waals surface area (Å²) in [6.45, 7) is 4.51. The summed E-state index contributed by atoms with van der Waals surface area (Å²) in [5.74, 6) is -0.0388. The fourth-order valence-corrected chi connectivity index (χ4v) is 2.93. The Morgan fingerprint density at radius 3 is 2.95 bits per heavy atom. The Hall–Kier alpha value is -1.62. The average molecular weight is 295 g/mol. The fourth-order valence-electron chi connectivity index (χ4n) is 2.93. The minimum atomic E-state index is -0.685. The van der Waals surface area contributed by atoms with Gasteiger partial charge in [-0.1, -0.05) is 13.0 Å². The third kappa shape index (κ3) is 3.35. The van der Waals surface area contributed by atoms with E-state index in [2.05, 4.69) is 5.32 Å². The largest absolute Gasteiger partial charge is 0.490 e. The number of methoxy groups -OCH3 is 1. The Kier molecular flexibility index (Phi) is 4.83. The summed E-state index contributed by atoms with van der Waals surface area (Å²) in [7, 11) is 1.40. The van der Waals surface area contributed by atoms with Crippen LogP contribution >= 0.6 is 0 Å². The molecule has 0 saturated heterocycles. The number of rotatable bonds is 5. The van der Waals surface area contributed by atoms with Crippen LogP contribution in [0.1, 0.15) is 31.7 Å². The van der Waals surface area contributed by atoms with Crippen LogP contribution in [0.5, 0.6) is 5.75 Å². The Balaban J connectivity index is 2.10. The van der Waals surface area contributed by atoms with Gasteiger partial charge in [0.1, 0.15) is 23.2 Å². The molecule has 21 heavy (non-hydrogen) atoms. The van der Waals surface area contributed by atoms with Crippen molar-refractivity contribution in [3.8, 4) is 5.75 Å². The highest BCUT2D eigenvalue weighted by molar-refractivity contribution is 5.81. The van der Waals surface area contributed by atoms with E-state index in [9.17, 15) is 9.18 Å². The zero-order valence-electron chi connectivity index (χ0n) is 12.7. The standard InChI is InChI=1S/C16H22FNO3/c1-4-18-16(15(19)20-3)8-7-13(10-16)21-14-9-12(17)6-5-11(14)2/h5-6,9,13,18H,4,7-8,10H2,1-3H3. The highest BCUT2D eigenvalue weighted by atomic mass is 19.1. The lowest BCUT2D eigenvalue weighted by atomic mass is 9.97. The molecule has 1 aliphatic carbocycles. The zero-order chi connectivity index (χ0) is 15.5. The zero-order valence-corrected chi connectivity index (χ0v) is 12.7. The monoisotopic (exact) mass is 295 g/mol. The van der Waals surface area contributed by atoms with Gasteiger partial charge in [0, 0.05) is 12.5 Å². The SMILES string of the molecule is CCNC1(C(=O)OC)CCC(Oc2cc(F)ccc2C)C1. The Morgan fingerprint density at radius 1 is 1.52 bits per heavy atom. The predicted molar refractivity (Wildman–Crippen MR) is 77.8 cm³/mol. The van der Waals surface area contributed by atoms with E-state index in [0.717, 1.165) is 12.0 Å². The van der Waals surface area contributed by atoms with Crippen LogP contribution in [0, 0.1) is 12.7 Å². The number of nitrogens with one attached hydrogen (secondary N) is 1. The van der Waals surface area contributed by atoms with Crippen molar-refractivity contribution in [1.82, 2.24) is 5.32 Å². The first-order valence-corrected chi connectivity index (χ1v) is 7.27. The fraction of sp³-hybridized carbons (Fsp3) is 0.562. The molecule has 2 atom stereocenters. The molecule has 0 bridgehead atoms. The molecule has 1 fully saturated rings. The van der Waals surface area contributed by atoms with Gasteiger partial charge >= 0.3 is 5.97 Å². The van der Waals surface area contributed by atoms with Crippen molar-refractivity contribution in [2.45, 2.75) is 44.8 Å². The summed E-state index contributed by atoms with van der Waals surface area (Å²) in [6, 6.07) is 4.49. The first kappa shape index (κ1) is 15.8. The van der Waals surface area contributed by atoms with Crippen LogP contribution < -0.4 is 10.1 Å². The molecule has 1 aliphatic rings. The van der Waals surface area contributed by atoms with Gasteiger partial charge in [-0.25, -0.2) is 4.39 Å². The summed E-state index contributed by atoms with van der Waals surface area (Å²) in [5.41, 5.74) is 0.200. The van der Waals surface area contributed by atoms with Gasteiger partial charge < -0.3 is 14.8 Å². The molecule has 2 rings (SSSR count). The van der Waals surface area contributed by atoms with Crippen LogP contribution in [0.3, 0.4) is 0 Å². The van der Waals surface area contributed by atoms with Gasteiger partial charge in [-0.3, -0.25) is 4.79 Å². The number of carbonyl (C=O) groups is 1. The maximum absolute atomic E-state index is 13.3. The molecule has 116 valence electrons. The molecule has 0 amide bonds. The number of hydrogen-bond acceptors (Lipinski definition) is 4. The lowest BCUT2D eigenvalue weighted by Crippen LogP contribution is -2.51. The highest BCUT2D eigenvalue weighted by Gasteiger charge is 2.46. The van der Waals surface area contributed by atoms with Gasteiger partial charge in [0.2, 0.25) is 0 Å². The predicted octanol–water partition coefficient (Wildman–Crippen LogP) is 2.59. The topological polar surface area (TPSA) is 47.6 Å². The highest BCUT2D eigenvalue weighted by Crippen LogP contribution is 2.34. The van der Waals surface area contributed by atoms with E-state index in [1.54, 1.807) is 6.07 Å². The molecular weight excluding hydrogens is 273 g/mol. The van der Waals surface area contributed by atoms with Crippen LogP contribution in [0.2, 0.25) is 0 Å². The minimum Gasteiger partial charge on any atom is -0.490 e. The van der Waals surface area contributed by atoms with Crippen molar-refractivity contribution < 1.29 is 18.7 Å². The Morgan fingerprint density at radius 2 is 2.29 bits per heavy atom. The van der Waals surface area contributed by atoms with Crippen molar-refractivity contribution in [1.29, 1.82) is 0 Å². The number of aryl methyl sites for hydroxylation is 1. The molecule has 0 spiro atoms. The Bertz CT molecular complexity index is 520.